The van der Waals surface area contributed by atoms with E-state index in [0.717, 1.165) is 5.69 Å². The Hall–Kier alpha value is -3.02. The first-order valence-electron chi connectivity index (χ1n) is 6.28. The summed E-state index contributed by atoms with van der Waals surface area (Å²) in [4.78, 5) is 12.0. The van der Waals surface area contributed by atoms with E-state index in [1.54, 1.807) is 12.1 Å². The molecular weight excluding hydrogens is 271 g/mol. The lowest BCUT2D eigenvalue weighted by atomic mass is 10.3. The first-order chi connectivity index (χ1) is 10.2. The van der Waals surface area contributed by atoms with Crippen LogP contribution in [0, 0.1) is 5.82 Å². The van der Waals surface area contributed by atoms with E-state index in [-0.39, 0.29) is 11.4 Å². The second-order valence-corrected chi connectivity index (χ2v) is 4.32. The molecule has 5 nitrogen and oxygen atoms in total. The Morgan fingerprint density at radius 1 is 1.05 bits per heavy atom. The van der Waals surface area contributed by atoms with Gasteiger partial charge in [0, 0.05) is 0 Å². The van der Waals surface area contributed by atoms with Crippen molar-refractivity contribution in [2.45, 2.75) is 0 Å². The molecule has 1 amide bonds. The summed E-state index contributed by atoms with van der Waals surface area (Å²) in [6, 6.07) is 15.2. The van der Waals surface area contributed by atoms with E-state index in [2.05, 4.69) is 15.6 Å². The molecule has 1 N–H and O–H groups in total. The third-order valence-electron chi connectivity index (χ3n) is 2.87. The van der Waals surface area contributed by atoms with E-state index in [0.29, 0.717) is 0 Å². The molecule has 0 bridgehead atoms. The number of nitrogens with zero attached hydrogens (tertiary/aromatic N) is 3. The molecule has 1 heterocycles. The van der Waals surface area contributed by atoms with Crippen LogP contribution in [-0.4, -0.2) is 20.9 Å². The SMILES string of the molecule is O=C(Nc1ccccc1F)c1cn(-c2ccccc2)nn1. The van der Waals surface area contributed by atoms with Gasteiger partial charge < -0.3 is 5.32 Å². The molecule has 0 saturated carbocycles. The van der Waals surface area contributed by atoms with Crippen LogP contribution >= 0.6 is 0 Å². The van der Waals surface area contributed by atoms with Gasteiger partial charge in [0.1, 0.15) is 5.82 Å². The predicted molar refractivity (Wildman–Crippen MR) is 75.7 cm³/mol. The van der Waals surface area contributed by atoms with Crippen molar-refractivity contribution in [3.8, 4) is 5.69 Å². The van der Waals surface area contributed by atoms with Crippen molar-refractivity contribution in [2.75, 3.05) is 5.32 Å². The van der Waals surface area contributed by atoms with Crippen molar-refractivity contribution in [1.82, 2.24) is 15.0 Å². The number of carbonyl (C=O) groups excluding carboxylic acids is 1. The number of aromatic nitrogens is 3. The second kappa shape index (κ2) is 5.54. The summed E-state index contributed by atoms with van der Waals surface area (Å²) in [5, 5.41) is 10.1. The van der Waals surface area contributed by atoms with E-state index < -0.39 is 11.7 Å². The van der Waals surface area contributed by atoms with Crippen LogP contribution < -0.4 is 5.32 Å². The number of benzene rings is 2. The number of nitrogens with one attached hydrogen (secondary N) is 1. The maximum atomic E-state index is 13.5. The number of anilines is 1. The summed E-state index contributed by atoms with van der Waals surface area (Å²) in [5.41, 5.74) is 1.01. The van der Waals surface area contributed by atoms with E-state index in [1.165, 1.54) is 23.0 Å². The highest BCUT2D eigenvalue weighted by Crippen LogP contribution is 2.13. The number of amides is 1. The number of para-hydroxylation sites is 2. The number of hydrogen-bond acceptors (Lipinski definition) is 3. The minimum Gasteiger partial charge on any atom is -0.318 e. The summed E-state index contributed by atoms with van der Waals surface area (Å²) >= 11 is 0. The molecule has 3 rings (SSSR count). The lowest BCUT2D eigenvalue weighted by Gasteiger charge is -2.03. The van der Waals surface area contributed by atoms with Gasteiger partial charge in [-0.25, -0.2) is 9.07 Å². The molecular formula is C15H11FN4O. The quantitative estimate of drug-likeness (QED) is 0.803. The van der Waals surface area contributed by atoms with E-state index in [1.807, 2.05) is 30.3 Å². The minimum absolute atomic E-state index is 0.108. The highest BCUT2D eigenvalue weighted by atomic mass is 19.1. The van der Waals surface area contributed by atoms with Crippen molar-refractivity contribution in [1.29, 1.82) is 0 Å². The molecule has 21 heavy (non-hydrogen) atoms. The van der Waals surface area contributed by atoms with Gasteiger partial charge >= 0.3 is 0 Å². The number of halogens is 1. The second-order valence-electron chi connectivity index (χ2n) is 4.32. The Labute approximate surface area is 120 Å². The van der Waals surface area contributed by atoms with Crippen LogP contribution in [0.4, 0.5) is 10.1 Å². The fourth-order valence-corrected chi connectivity index (χ4v) is 1.82. The van der Waals surface area contributed by atoms with Crippen molar-refractivity contribution in [3.63, 3.8) is 0 Å². The first kappa shape index (κ1) is 13.0. The standard InChI is InChI=1S/C15H11FN4O/c16-12-8-4-5-9-13(12)17-15(21)14-10-20(19-18-14)11-6-2-1-3-7-11/h1-10H,(H,17,21). The van der Waals surface area contributed by atoms with Gasteiger partial charge in [-0.15, -0.1) is 5.10 Å². The highest BCUT2D eigenvalue weighted by molar-refractivity contribution is 6.02. The van der Waals surface area contributed by atoms with Crippen LogP contribution in [0.5, 0.6) is 0 Å². The van der Waals surface area contributed by atoms with Crippen LogP contribution in [0.2, 0.25) is 0 Å². The van der Waals surface area contributed by atoms with Gasteiger partial charge in [-0.1, -0.05) is 35.5 Å². The highest BCUT2D eigenvalue weighted by Gasteiger charge is 2.13. The summed E-state index contributed by atoms with van der Waals surface area (Å²) in [7, 11) is 0. The van der Waals surface area contributed by atoms with E-state index in [9.17, 15) is 9.18 Å². The Bertz CT molecular complexity index is 770. The Balaban J connectivity index is 1.80. The fraction of sp³-hybridized carbons (Fsp3) is 0. The average molecular weight is 282 g/mol. The Morgan fingerprint density at radius 3 is 2.52 bits per heavy atom. The zero-order chi connectivity index (χ0) is 14.7. The molecule has 0 radical (unpaired) electrons. The normalized spacial score (nSPS) is 10.3. The zero-order valence-corrected chi connectivity index (χ0v) is 10.9. The molecule has 3 aromatic rings. The van der Waals surface area contributed by atoms with Crippen LogP contribution in [0.1, 0.15) is 10.5 Å². The summed E-state index contributed by atoms with van der Waals surface area (Å²) in [6.45, 7) is 0. The molecule has 0 spiro atoms. The molecule has 0 aliphatic rings. The third-order valence-corrected chi connectivity index (χ3v) is 2.87. The van der Waals surface area contributed by atoms with Gasteiger partial charge in [-0.05, 0) is 24.3 Å². The molecule has 0 saturated heterocycles. The lowest BCUT2D eigenvalue weighted by molar-refractivity contribution is 0.102. The third kappa shape index (κ3) is 2.79. The zero-order valence-electron chi connectivity index (χ0n) is 10.9. The number of carbonyl (C=O) groups is 1. The Morgan fingerprint density at radius 2 is 1.76 bits per heavy atom. The van der Waals surface area contributed by atoms with Gasteiger partial charge in [-0.3, -0.25) is 4.79 Å². The van der Waals surface area contributed by atoms with Gasteiger partial charge in [0.25, 0.3) is 5.91 Å². The maximum Gasteiger partial charge on any atom is 0.277 e. The van der Waals surface area contributed by atoms with Crippen molar-refractivity contribution in [2.24, 2.45) is 0 Å². The van der Waals surface area contributed by atoms with Crippen LogP contribution in [0.3, 0.4) is 0 Å². The summed E-state index contributed by atoms with van der Waals surface area (Å²) < 4.78 is 15.0. The molecule has 0 fully saturated rings. The van der Waals surface area contributed by atoms with E-state index in [4.69, 9.17) is 0 Å². The van der Waals surface area contributed by atoms with Crippen LogP contribution in [0.15, 0.2) is 60.8 Å². The smallest absolute Gasteiger partial charge is 0.277 e. The van der Waals surface area contributed by atoms with Crippen molar-refractivity contribution < 1.29 is 9.18 Å². The van der Waals surface area contributed by atoms with Gasteiger partial charge in [0.15, 0.2) is 5.69 Å². The molecule has 2 aromatic carbocycles. The first-order valence-corrected chi connectivity index (χ1v) is 6.28. The largest absolute Gasteiger partial charge is 0.318 e. The fourth-order valence-electron chi connectivity index (χ4n) is 1.82. The number of hydrogen-bond donors (Lipinski definition) is 1. The van der Waals surface area contributed by atoms with E-state index >= 15 is 0 Å². The lowest BCUT2D eigenvalue weighted by Crippen LogP contribution is -2.13. The monoisotopic (exact) mass is 282 g/mol. The molecule has 0 aliphatic heterocycles. The summed E-state index contributed by atoms with van der Waals surface area (Å²) in [5.74, 6) is -1.01. The van der Waals surface area contributed by atoms with Crippen LogP contribution in [-0.2, 0) is 0 Å². The topological polar surface area (TPSA) is 59.8 Å². The summed E-state index contributed by atoms with van der Waals surface area (Å²) in [6.07, 6.45) is 1.49. The molecule has 104 valence electrons. The maximum absolute atomic E-state index is 13.5. The molecule has 6 heteroatoms. The van der Waals surface area contributed by atoms with Gasteiger partial charge in [-0.2, -0.15) is 0 Å². The average Bonchev–Trinajstić information content (AvgIpc) is 3.00. The Kier molecular flexibility index (Phi) is 3.42. The molecule has 0 atom stereocenters. The number of rotatable bonds is 3. The van der Waals surface area contributed by atoms with Crippen molar-refractivity contribution in [3.05, 3.63) is 72.3 Å². The van der Waals surface area contributed by atoms with Crippen molar-refractivity contribution >= 4 is 11.6 Å². The molecule has 0 unspecified atom stereocenters. The van der Waals surface area contributed by atoms with Gasteiger partial charge in [0.05, 0.1) is 17.6 Å². The predicted octanol–water partition coefficient (Wildman–Crippen LogP) is 2.66. The van der Waals surface area contributed by atoms with Crippen LogP contribution in [0.25, 0.3) is 5.69 Å². The molecule has 0 aliphatic carbocycles. The van der Waals surface area contributed by atoms with Gasteiger partial charge in [0.2, 0.25) is 0 Å². The molecule has 1 aromatic heterocycles. The minimum atomic E-state index is -0.512.